The molecule has 0 atom stereocenters. The second-order valence-corrected chi connectivity index (χ2v) is 3.10. The summed E-state index contributed by atoms with van der Waals surface area (Å²) in [5.41, 5.74) is -0.196. The number of hydrogen-bond acceptors (Lipinski definition) is 2. The predicted octanol–water partition coefficient (Wildman–Crippen LogP) is 2.34. The molecule has 0 amide bonds. The van der Waals surface area contributed by atoms with Crippen molar-refractivity contribution in [3.05, 3.63) is 30.1 Å². The van der Waals surface area contributed by atoms with E-state index in [1.165, 1.54) is 12.3 Å². The minimum Gasteiger partial charge on any atom is -0.396 e. The number of hydrogen-bond donors (Lipinski definition) is 1. The fourth-order valence-electron chi connectivity index (χ4n) is 1.17. The SMILES string of the molecule is OCCCCC(F)(F)c1ccccn1. The van der Waals surface area contributed by atoms with Gasteiger partial charge in [0, 0.05) is 19.2 Å². The van der Waals surface area contributed by atoms with Gasteiger partial charge >= 0.3 is 0 Å². The zero-order chi connectivity index (χ0) is 10.4. The highest BCUT2D eigenvalue weighted by Gasteiger charge is 2.31. The van der Waals surface area contributed by atoms with Crippen molar-refractivity contribution in [3.8, 4) is 0 Å². The van der Waals surface area contributed by atoms with E-state index >= 15 is 0 Å². The number of pyridine rings is 1. The first kappa shape index (κ1) is 11.0. The number of aliphatic hydroxyl groups excluding tert-OH is 1. The molecule has 0 spiro atoms. The van der Waals surface area contributed by atoms with E-state index in [-0.39, 0.29) is 18.7 Å². The predicted molar refractivity (Wildman–Crippen MR) is 49.1 cm³/mol. The Morgan fingerprint density at radius 1 is 1.29 bits per heavy atom. The monoisotopic (exact) mass is 201 g/mol. The Bertz CT molecular complexity index is 264. The number of unbranched alkanes of at least 4 members (excludes halogenated alkanes) is 1. The van der Waals surface area contributed by atoms with E-state index in [2.05, 4.69) is 4.98 Å². The van der Waals surface area contributed by atoms with Gasteiger partial charge in [-0.25, -0.2) is 0 Å². The van der Waals surface area contributed by atoms with E-state index in [0.29, 0.717) is 12.8 Å². The molecule has 1 rings (SSSR count). The normalized spacial score (nSPS) is 11.6. The van der Waals surface area contributed by atoms with Crippen LogP contribution in [0.3, 0.4) is 0 Å². The molecule has 1 aromatic rings. The Morgan fingerprint density at radius 2 is 2.07 bits per heavy atom. The van der Waals surface area contributed by atoms with Crippen molar-refractivity contribution in [2.45, 2.75) is 25.2 Å². The van der Waals surface area contributed by atoms with Gasteiger partial charge in [-0.05, 0) is 25.0 Å². The van der Waals surface area contributed by atoms with Crippen LogP contribution in [0.15, 0.2) is 24.4 Å². The smallest absolute Gasteiger partial charge is 0.289 e. The van der Waals surface area contributed by atoms with Crippen molar-refractivity contribution in [2.75, 3.05) is 6.61 Å². The van der Waals surface area contributed by atoms with Crippen LogP contribution in [0.5, 0.6) is 0 Å². The maximum Gasteiger partial charge on any atom is 0.289 e. The summed E-state index contributed by atoms with van der Waals surface area (Å²) < 4.78 is 26.7. The lowest BCUT2D eigenvalue weighted by Crippen LogP contribution is -2.15. The molecule has 1 aromatic heterocycles. The average Bonchev–Trinajstić information content (AvgIpc) is 2.19. The molecule has 78 valence electrons. The summed E-state index contributed by atoms with van der Waals surface area (Å²) >= 11 is 0. The summed E-state index contributed by atoms with van der Waals surface area (Å²) in [6, 6.07) is 4.47. The summed E-state index contributed by atoms with van der Waals surface area (Å²) in [6.07, 6.45) is 1.81. The third-order valence-corrected chi connectivity index (χ3v) is 1.94. The van der Waals surface area contributed by atoms with Crippen molar-refractivity contribution in [3.63, 3.8) is 0 Å². The van der Waals surface area contributed by atoms with E-state index in [9.17, 15) is 8.78 Å². The van der Waals surface area contributed by atoms with Gasteiger partial charge in [0.25, 0.3) is 5.92 Å². The molecule has 1 heterocycles. The number of halogens is 2. The lowest BCUT2D eigenvalue weighted by Gasteiger charge is -2.14. The van der Waals surface area contributed by atoms with Gasteiger partial charge in [-0.15, -0.1) is 0 Å². The van der Waals surface area contributed by atoms with Crippen molar-refractivity contribution < 1.29 is 13.9 Å². The van der Waals surface area contributed by atoms with Crippen molar-refractivity contribution in [2.24, 2.45) is 0 Å². The van der Waals surface area contributed by atoms with Crippen LogP contribution in [-0.4, -0.2) is 16.7 Å². The maximum atomic E-state index is 13.3. The highest BCUT2D eigenvalue weighted by Crippen LogP contribution is 2.31. The summed E-state index contributed by atoms with van der Waals surface area (Å²) in [5.74, 6) is -2.88. The topological polar surface area (TPSA) is 33.1 Å². The van der Waals surface area contributed by atoms with Gasteiger partial charge in [0.1, 0.15) is 5.69 Å². The summed E-state index contributed by atoms with van der Waals surface area (Å²) in [7, 11) is 0. The highest BCUT2D eigenvalue weighted by atomic mass is 19.3. The fraction of sp³-hybridized carbons (Fsp3) is 0.500. The molecule has 0 aromatic carbocycles. The number of aliphatic hydroxyl groups is 1. The van der Waals surface area contributed by atoms with Crippen LogP contribution in [-0.2, 0) is 5.92 Å². The van der Waals surface area contributed by atoms with E-state index in [4.69, 9.17) is 5.11 Å². The number of rotatable bonds is 5. The average molecular weight is 201 g/mol. The molecular formula is C10H13F2NO. The molecule has 2 nitrogen and oxygen atoms in total. The number of alkyl halides is 2. The molecule has 0 bridgehead atoms. The first-order chi connectivity index (χ1) is 6.67. The Labute approximate surface area is 81.6 Å². The van der Waals surface area contributed by atoms with E-state index in [1.807, 2.05) is 0 Å². The van der Waals surface area contributed by atoms with Crippen LogP contribution in [0.4, 0.5) is 8.78 Å². The summed E-state index contributed by atoms with van der Waals surface area (Å²) in [6.45, 7) is -0.0434. The molecular weight excluding hydrogens is 188 g/mol. The molecule has 0 aliphatic rings. The molecule has 1 N–H and O–H groups in total. The lowest BCUT2D eigenvalue weighted by molar-refractivity contribution is -0.0208. The minimum absolute atomic E-state index is 0.0434. The van der Waals surface area contributed by atoms with Gasteiger partial charge in [-0.2, -0.15) is 8.78 Å². The molecule has 0 saturated heterocycles. The Morgan fingerprint density at radius 3 is 2.64 bits per heavy atom. The third kappa shape index (κ3) is 3.03. The maximum absolute atomic E-state index is 13.3. The van der Waals surface area contributed by atoms with Gasteiger partial charge < -0.3 is 5.11 Å². The second kappa shape index (κ2) is 5.00. The van der Waals surface area contributed by atoms with Crippen LogP contribution in [0.2, 0.25) is 0 Å². The Balaban J connectivity index is 2.56. The Kier molecular flexibility index (Phi) is 3.95. The van der Waals surface area contributed by atoms with Gasteiger partial charge in [0.05, 0.1) is 0 Å². The standard InChI is InChI=1S/C10H13F2NO/c11-10(12,6-2-4-8-14)9-5-1-3-7-13-9/h1,3,5,7,14H,2,4,6,8H2. The fourth-order valence-corrected chi connectivity index (χ4v) is 1.17. The van der Waals surface area contributed by atoms with E-state index < -0.39 is 5.92 Å². The van der Waals surface area contributed by atoms with E-state index in [0.717, 1.165) is 0 Å². The van der Waals surface area contributed by atoms with Crippen LogP contribution in [0.25, 0.3) is 0 Å². The summed E-state index contributed by atoms with van der Waals surface area (Å²) in [5, 5.41) is 8.47. The van der Waals surface area contributed by atoms with Crippen molar-refractivity contribution >= 4 is 0 Å². The molecule has 4 heteroatoms. The van der Waals surface area contributed by atoms with Crippen LogP contribution in [0.1, 0.15) is 25.0 Å². The zero-order valence-corrected chi connectivity index (χ0v) is 7.79. The van der Waals surface area contributed by atoms with Crippen LogP contribution >= 0.6 is 0 Å². The van der Waals surface area contributed by atoms with Crippen LogP contribution < -0.4 is 0 Å². The molecule has 0 unspecified atom stereocenters. The van der Waals surface area contributed by atoms with Crippen molar-refractivity contribution in [1.29, 1.82) is 0 Å². The lowest BCUT2D eigenvalue weighted by atomic mass is 10.1. The first-order valence-corrected chi connectivity index (χ1v) is 4.57. The van der Waals surface area contributed by atoms with E-state index in [1.54, 1.807) is 12.1 Å². The van der Waals surface area contributed by atoms with Crippen molar-refractivity contribution in [1.82, 2.24) is 4.98 Å². The Hall–Kier alpha value is -1.03. The molecule has 0 fully saturated rings. The molecule has 0 aliphatic carbocycles. The molecule has 14 heavy (non-hydrogen) atoms. The van der Waals surface area contributed by atoms with Gasteiger partial charge in [0.2, 0.25) is 0 Å². The van der Waals surface area contributed by atoms with Gasteiger partial charge in [0.15, 0.2) is 0 Å². The third-order valence-electron chi connectivity index (χ3n) is 1.94. The molecule has 0 saturated carbocycles. The molecule has 0 radical (unpaired) electrons. The first-order valence-electron chi connectivity index (χ1n) is 4.57. The quantitative estimate of drug-likeness (QED) is 0.742. The largest absolute Gasteiger partial charge is 0.396 e. The van der Waals surface area contributed by atoms with Gasteiger partial charge in [-0.1, -0.05) is 6.07 Å². The minimum atomic E-state index is -2.88. The van der Waals surface area contributed by atoms with Gasteiger partial charge in [-0.3, -0.25) is 4.98 Å². The zero-order valence-electron chi connectivity index (χ0n) is 7.79. The second-order valence-electron chi connectivity index (χ2n) is 3.10. The highest BCUT2D eigenvalue weighted by molar-refractivity contribution is 5.09. The summed E-state index contributed by atoms with van der Waals surface area (Å²) in [4.78, 5) is 3.62. The van der Waals surface area contributed by atoms with Crippen LogP contribution in [0, 0.1) is 0 Å². The number of aromatic nitrogens is 1. The molecule has 0 aliphatic heterocycles. The number of nitrogens with zero attached hydrogens (tertiary/aromatic N) is 1.